The zero-order valence-electron chi connectivity index (χ0n) is 12.6. The van der Waals surface area contributed by atoms with Crippen LogP contribution >= 0.6 is 11.8 Å². The van der Waals surface area contributed by atoms with Gasteiger partial charge in [-0.25, -0.2) is 4.39 Å². The molecule has 0 saturated heterocycles. The minimum absolute atomic E-state index is 0.0905. The molecule has 0 bridgehead atoms. The average Bonchev–Trinajstić information content (AvgIpc) is 2.98. The predicted molar refractivity (Wildman–Crippen MR) is 89.9 cm³/mol. The lowest BCUT2D eigenvalue weighted by Crippen LogP contribution is -2.27. The van der Waals surface area contributed by atoms with Crippen LogP contribution in [0.15, 0.2) is 63.9 Å². The Balaban J connectivity index is 1.57. The number of carbonyl (C=O) groups excluding carboxylic acids is 1. The summed E-state index contributed by atoms with van der Waals surface area (Å²) in [7, 11) is 0. The summed E-state index contributed by atoms with van der Waals surface area (Å²) in [5.41, 5.74) is 0.810. The molecule has 3 aromatic rings. The van der Waals surface area contributed by atoms with Crippen LogP contribution in [0.25, 0.3) is 11.0 Å². The summed E-state index contributed by atoms with van der Waals surface area (Å²) < 4.78 is 18.6. The number of benzene rings is 2. The van der Waals surface area contributed by atoms with Crippen molar-refractivity contribution in [2.45, 2.75) is 17.9 Å². The molecule has 0 radical (unpaired) electrons. The molecule has 0 aliphatic rings. The fraction of sp³-hybridized carbons (Fsp3) is 0.167. The van der Waals surface area contributed by atoms with Crippen LogP contribution in [-0.2, 0) is 4.79 Å². The van der Waals surface area contributed by atoms with E-state index in [2.05, 4.69) is 5.32 Å². The Morgan fingerprint density at radius 2 is 1.96 bits per heavy atom. The van der Waals surface area contributed by atoms with Gasteiger partial charge >= 0.3 is 0 Å². The lowest BCUT2D eigenvalue weighted by molar-refractivity contribution is -0.119. The minimum atomic E-state index is -0.280. The molecule has 0 fully saturated rings. The quantitative estimate of drug-likeness (QED) is 0.699. The van der Waals surface area contributed by atoms with Crippen molar-refractivity contribution < 1.29 is 13.6 Å². The largest absolute Gasteiger partial charge is 0.459 e. The number of para-hydroxylation sites is 1. The molecule has 0 aliphatic heterocycles. The second-order valence-corrected chi connectivity index (χ2v) is 6.27. The summed E-state index contributed by atoms with van der Waals surface area (Å²) in [6.45, 7) is 1.89. The topological polar surface area (TPSA) is 42.2 Å². The Bertz CT molecular complexity index is 780. The van der Waals surface area contributed by atoms with E-state index in [9.17, 15) is 9.18 Å². The van der Waals surface area contributed by atoms with Crippen LogP contribution in [0.4, 0.5) is 4.39 Å². The van der Waals surface area contributed by atoms with Gasteiger partial charge in [0.15, 0.2) is 0 Å². The van der Waals surface area contributed by atoms with Crippen molar-refractivity contribution in [3.8, 4) is 0 Å². The fourth-order valence-electron chi connectivity index (χ4n) is 2.25. The fourth-order valence-corrected chi connectivity index (χ4v) is 2.96. The van der Waals surface area contributed by atoms with Gasteiger partial charge in [-0.3, -0.25) is 4.79 Å². The Labute approximate surface area is 137 Å². The van der Waals surface area contributed by atoms with Gasteiger partial charge in [0.1, 0.15) is 17.2 Å². The molecule has 118 valence electrons. The first-order valence-corrected chi connectivity index (χ1v) is 8.26. The molecule has 3 nitrogen and oxygen atoms in total. The number of amides is 1. The van der Waals surface area contributed by atoms with Gasteiger partial charge in [-0.2, -0.15) is 0 Å². The number of thioether (sulfide) groups is 1. The summed E-state index contributed by atoms with van der Waals surface area (Å²) in [5.74, 6) is 0.631. The van der Waals surface area contributed by atoms with Crippen LogP contribution < -0.4 is 5.32 Å². The van der Waals surface area contributed by atoms with E-state index in [1.165, 1.54) is 23.9 Å². The number of carbonyl (C=O) groups is 1. The van der Waals surface area contributed by atoms with Crippen LogP contribution in [-0.4, -0.2) is 11.7 Å². The number of hydrogen-bond acceptors (Lipinski definition) is 3. The lowest BCUT2D eigenvalue weighted by atomic mass is 10.2. The maximum Gasteiger partial charge on any atom is 0.230 e. The molecule has 1 heterocycles. The molecule has 0 saturated carbocycles. The van der Waals surface area contributed by atoms with Crippen LogP contribution in [0, 0.1) is 5.82 Å². The number of furan rings is 1. The summed E-state index contributed by atoms with van der Waals surface area (Å²) in [5, 5.41) is 3.93. The maximum atomic E-state index is 12.8. The normalized spacial score (nSPS) is 12.3. The highest BCUT2D eigenvalue weighted by atomic mass is 32.2. The molecule has 5 heteroatoms. The molecule has 0 unspecified atom stereocenters. The molecule has 23 heavy (non-hydrogen) atoms. The second-order valence-electron chi connectivity index (χ2n) is 5.22. The van der Waals surface area contributed by atoms with Crippen LogP contribution in [0.2, 0.25) is 0 Å². The van der Waals surface area contributed by atoms with E-state index in [0.29, 0.717) is 0 Å². The maximum absolute atomic E-state index is 12.8. The highest BCUT2D eigenvalue weighted by Gasteiger charge is 2.14. The molecule has 0 aliphatic carbocycles. The van der Waals surface area contributed by atoms with Crippen molar-refractivity contribution in [2.24, 2.45) is 0 Å². The summed E-state index contributed by atoms with van der Waals surface area (Å²) in [6.07, 6.45) is 0. The van der Waals surface area contributed by atoms with E-state index in [1.54, 1.807) is 12.1 Å². The Morgan fingerprint density at radius 3 is 2.70 bits per heavy atom. The number of halogens is 1. The third-order valence-electron chi connectivity index (χ3n) is 3.43. The average molecular weight is 329 g/mol. The highest BCUT2D eigenvalue weighted by molar-refractivity contribution is 8.00. The van der Waals surface area contributed by atoms with Crippen LogP contribution in [0.5, 0.6) is 0 Å². The third-order valence-corrected chi connectivity index (χ3v) is 4.44. The number of rotatable bonds is 5. The standard InChI is InChI=1S/C18H16FNO2S/c1-12(17-10-13-4-2-3-5-16(13)22-17)20-18(21)11-23-15-8-6-14(19)7-9-15/h2-10,12H,11H2,1H3,(H,20,21)/t12-/m1/s1. The van der Waals surface area contributed by atoms with Gasteiger partial charge in [0.2, 0.25) is 5.91 Å². The van der Waals surface area contributed by atoms with Gasteiger partial charge in [-0.1, -0.05) is 18.2 Å². The van der Waals surface area contributed by atoms with Crippen molar-refractivity contribution >= 4 is 28.6 Å². The number of hydrogen-bond donors (Lipinski definition) is 1. The van der Waals surface area contributed by atoms with E-state index in [4.69, 9.17) is 4.42 Å². The predicted octanol–water partition coefficient (Wildman–Crippen LogP) is 4.54. The second kappa shape index (κ2) is 6.87. The monoisotopic (exact) mass is 329 g/mol. The molecule has 2 aromatic carbocycles. The van der Waals surface area contributed by atoms with Gasteiger partial charge in [0, 0.05) is 10.3 Å². The van der Waals surface area contributed by atoms with Gasteiger partial charge in [-0.05, 0) is 43.3 Å². The van der Waals surface area contributed by atoms with Gasteiger partial charge < -0.3 is 9.73 Å². The molecule has 1 amide bonds. The van der Waals surface area contributed by atoms with Crippen molar-refractivity contribution in [1.82, 2.24) is 5.32 Å². The van der Waals surface area contributed by atoms with Gasteiger partial charge in [0.05, 0.1) is 11.8 Å². The minimum Gasteiger partial charge on any atom is -0.459 e. The molecule has 3 rings (SSSR count). The molecule has 1 aromatic heterocycles. The van der Waals surface area contributed by atoms with Gasteiger partial charge in [-0.15, -0.1) is 11.8 Å². The van der Waals surface area contributed by atoms with Crippen LogP contribution in [0.1, 0.15) is 18.7 Å². The lowest BCUT2D eigenvalue weighted by Gasteiger charge is -2.11. The molecule has 0 spiro atoms. The van der Waals surface area contributed by atoms with Crippen molar-refractivity contribution in [2.75, 3.05) is 5.75 Å². The zero-order chi connectivity index (χ0) is 16.2. The SMILES string of the molecule is C[C@@H](NC(=O)CSc1ccc(F)cc1)c1cc2ccccc2o1. The number of nitrogens with one attached hydrogen (secondary N) is 1. The highest BCUT2D eigenvalue weighted by Crippen LogP contribution is 2.24. The Hall–Kier alpha value is -2.27. The van der Waals surface area contributed by atoms with E-state index in [1.807, 2.05) is 37.3 Å². The third kappa shape index (κ3) is 3.93. The van der Waals surface area contributed by atoms with E-state index in [-0.39, 0.29) is 23.5 Å². The first-order chi connectivity index (χ1) is 11.1. The molecular weight excluding hydrogens is 313 g/mol. The molecule has 1 N–H and O–H groups in total. The smallest absolute Gasteiger partial charge is 0.230 e. The van der Waals surface area contributed by atoms with E-state index in [0.717, 1.165) is 21.6 Å². The first-order valence-electron chi connectivity index (χ1n) is 7.28. The first kappa shape index (κ1) is 15.6. The Kier molecular flexibility index (Phi) is 4.67. The molecule has 1 atom stereocenters. The van der Waals surface area contributed by atoms with Crippen molar-refractivity contribution in [3.05, 3.63) is 66.2 Å². The van der Waals surface area contributed by atoms with Crippen LogP contribution in [0.3, 0.4) is 0 Å². The summed E-state index contributed by atoms with van der Waals surface area (Å²) >= 11 is 1.37. The molecular formula is C18H16FNO2S. The van der Waals surface area contributed by atoms with Crippen molar-refractivity contribution in [1.29, 1.82) is 0 Å². The number of fused-ring (bicyclic) bond motifs is 1. The van der Waals surface area contributed by atoms with E-state index >= 15 is 0 Å². The van der Waals surface area contributed by atoms with Crippen molar-refractivity contribution in [3.63, 3.8) is 0 Å². The van der Waals surface area contributed by atoms with E-state index < -0.39 is 0 Å². The Morgan fingerprint density at radius 1 is 1.22 bits per heavy atom. The zero-order valence-corrected chi connectivity index (χ0v) is 13.4. The van der Waals surface area contributed by atoms with Gasteiger partial charge in [0.25, 0.3) is 0 Å². The summed E-state index contributed by atoms with van der Waals surface area (Å²) in [4.78, 5) is 12.9. The summed E-state index contributed by atoms with van der Waals surface area (Å²) in [6, 6.07) is 15.6.